The molecule has 0 fully saturated rings. The van der Waals surface area contributed by atoms with Gasteiger partial charge in [0.15, 0.2) is 0 Å². The normalized spacial score (nSPS) is 10.8. The van der Waals surface area contributed by atoms with E-state index in [0.29, 0.717) is 0 Å². The average Bonchev–Trinajstić information content (AvgIpc) is 2.88. The maximum absolute atomic E-state index is 7.56. The minimum absolute atomic E-state index is 0. The van der Waals surface area contributed by atoms with Crippen molar-refractivity contribution in [2.45, 2.75) is 207 Å². The van der Waals surface area contributed by atoms with E-state index in [-0.39, 0.29) is 19.5 Å². The molecule has 11 heteroatoms. The molecule has 6 N–H and O–H groups in total. The van der Waals surface area contributed by atoms with E-state index in [9.17, 15) is 0 Å². The molecule has 0 rings (SSSR count). The Balaban J connectivity index is -0.000000167. The Morgan fingerprint density at radius 2 is 0.349 bits per heavy atom. The van der Waals surface area contributed by atoms with E-state index in [2.05, 4.69) is 51.3 Å². The summed E-state index contributed by atoms with van der Waals surface area (Å²) in [5.74, 6) is 0. The Labute approximate surface area is 291 Å². The van der Waals surface area contributed by atoms with E-state index in [1.807, 2.05) is 0 Å². The standard InChI is InChI=1S/2C16H34.2H3O3PS.Zn/c2*1-3-5-7-9-11-13-15-16-14-12-10-8-6-4-2;2*1-4(2,3)5;/h2*3-16H2,1-2H3;2*(H3,1,2,3,5);. The summed E-state index contributed by atoms with van der Waals surface area (Å²) in [6, 6.07) is 0. The first-order chi connectivity index (χ1) is 19.8. The quantitative estimate of drug-likeness (QED) is 0.0294. The van der Waals surface area contributed by atoms with Gasteiger partial charge in [0.2, 0.25) is 0 Å². The molecular weight excluding hydrogens is 672 g/mol. The van der Waals surface area contributed by atoms with Crippen molar-refractivity contribution in [3.8, 4) is 0 Å². The molecule has 6 nitrogen and oxygen atoms in total. The van der Waals surface area contributed by atoms with Crippen molar-refractivity contribution in [1.82, 2.24) is 0 Å². The Bertz CT molecular complexity index is 473. The van der Waals surface area contributed by atoms with Gasteiger partial charge in [-0.3, -0.25) is 0 Å². The molecule has 0 atom stereocenters. The molecule has 0 spiro atoms. The first-order valence-electron chi connectivity index (χ1n) is 17.4. The molecule has 0 heterocycles. The van der Waals surface area contributed by atoms with Crippen LogP contribution in [0.4, 0.5) is 0 Å². The first kappa shape index (κ1) is 54.1. The van der Waals surface area contributed by atoms with E-state index in [1.54, 1.807) is 0 Å². The maximum Gasteiger partial charge on any atom is 0.319 e. The number of hydrogen-bond acceptors (Lipinski definition) is 2. The van der Waals surface area contributed by atoms with Gasteiger partial charge < -0.3 is 29.4 Å². The average molecular weight is 746 g/mol. The molecule has 0 radical (unpaired) electrons. The minimum Gasteiger partial charge on any atom is -0.325 e. The molecule has 262 valence electrons. The summed E-state index contributed by atoms with van der Waals surface area (Å²) in [6.45, 7) is 1.55. The van der Waals surface area contributed by atoms with Gasteiger partial charge in [-0.15, -0.1) is 0 Å². The predicted octanol–water partition coefficient (Wildman–Crippen LogP) is 11.3. The molecule has 43 heavy (non-hydrogen) atoms. The summed E-state index contributed by atoms with van der Waals surface area (Å²) in [5.41, 5.74) is 0. The second kappa shape index (κ2) is 45.8. The second-order valence-corrected chi connectivity index (χ2v) is 16.5. The van der Waals surface area contributed by atoms with Gasteiger partial charge >= 0.3 is 13.4 Å². The fourth-order valence-electron chi connectivity index (χ4n) is 4.54. The van der Waals surface area contributed by atoms with Crippen LogP contribution in [0.5, 0.6) is 0 Å². The van der Waals surface area contributed by atoms with Gasteiger partial charge in [-0.05, 0) is 23.6 Å². The van der Waals surface area contributed by atoms with Crippen LogP contribution in [-0.2, 0) is 43.1 Å². The summed E-state index contributed by atoms with van der Waals surface area (Å²) in [7, 11) is 0. The monoisotopic (exact) mass is 744 g/mol. The number of rotatable bonds is 26. The molecule has 0 bridgehead atoms. The van der Waals surface area contributed by atoms with E-state index in [0.717, 1.165) is 0 Å². The summed E-state index contributed by atoms with van der Waals surface area (Å²) in [5, 5.41) is 0. The summed E-state index contributed by atoms with van der Waals surface area (Å²) in [6.07, 6.45) is 40.8. The zero-order valence-electron chi connectivity index (χ0n) is 28.9. The first-order valence-corrected chi connectivity index (χ1v) is 22.7. The fraction of sp³-hybridized carbons (Fsp3) is 1.00. The fourth-order valence-corrected chi connectivity index (χ4v) is 4.54. The minimum atomic E-state index is -3.81. The third kappa shape index (κ3) is 99.0. The Morgan fingerprint density at radius 1 is 0.279 bits per heavy atom. The van der Waals surface area contributed by atoms with Crippen LogP contribution < -0.4 is 0 Å². The zero-order chi connectivity index (χ0) is 32.8. The smallest absolute Gasteiger partial charge is 0.319 e. The molecule has 0 aliphatic heterocycles. The van der Waals surface area contributed by atoms with Crippen LogP contribution in [0.3, 0.4) is 0 Å². The van der Waals surface area contributed by atoms with Crippen LogP contribution in [-0.4, -0.2) is 29.4 Å². The van der Waals surface area contributed by atoms with Crippen LogP contribution >= 0.6 is 13.4 Å². The van der Waals surface area contributed by atoms with Gasteiger partial charge in [0.05, 0.1) is 0 Å². The van der Waals surface area contributed by atoms with Crippen molar-refractivity contribution in [1.29, 1.82) is 0 Å². The molecular formula is C32H74O6P2S2Zn. The van der Waals surface area contributed by atoms with Crippen molar-refractivity contribution < 1.29 is 48.8 Å². The number of hydrogen-bond donors (Lipinski definition) is 6. The van der Waals surface area contributed by atoms with E-state index >= 15 is 0 Å². The van der Waals surface area contributed by atoms with Crippen LogP contribution in [0.2, 0.25) is 0 Å². The summed E-state index contributed by atoms with van der Waals surface area (Å²) >= 11 is 7.21. The molecule has 0 aromatic rings. The summed E-state index contributed by atoms with van der Waals surface area (Å²) < 4.78 is 0. The van der Waals surface area contributed by atoms with Gasteiger partial charge in [-0.2, -0.15) is 0 Å². The van der Waals surface area contributed by atoms with Crippen LogP contribution in [0.1, 0.15) is 207 Å². The zero-order valence-corrected chi connectivity index (χ0v) is 35.3. The Hall–Kier alpha value is 1.68. The summed E-state index contributed by atoms with van der Waals surface area (Å²) in [4.78, 5) is 45.3. The third-order valence-corrected chi connectivity index (χ3v) is 6.91. The molecule has 0 aliphatic rings. The molecule has 0 aliphatic carbocycles. The Morgan fingerprint density at radius 3 is 0.419 bits per heavy atom. The topological polar surface area (TPSA) is 121 Å². The van der Waals surface area contributed by atoms with Crippen LogP contribution in [0.15, 0.2) is 0 Å². The van der Waals surface area contributed by atoms with Crippen molar-refractivity contribution in [3.63, 3.8) is 0 Å². The van der Waals surface area contributed by atoms with Crippen molar-refractivity contribution in [3.05, 3.63) is 0 Å². The van der Waals surface area contributed by atoms with E-state index in [1.165, 1.54) is 180 Å². The van der Waals surface area contributed by atoms with E-state index < -0.39 is 13.4 Å². The second-order valence-electron chi connectivity index (χ2n) is 11.5. The molecule has 0 unspecified atom stereocenters. The number of unbranched alkanes of at least 4 members (excludes halogenated alkanes) is 26. The third-order valence-electron chi connectivity index (χ3n) is 6.91. The molecule has 0 amide bonds. The molecule has 0 saturated heterocycles. The molecule has 0 aromatic heterocycles. The maximum atomic E-state index is 7.56. The van der Waals surface area contributed by atoms with Crippen molar-refractivity contribution >= 4 is 37.1 Å². The van der Waals surface area contributed by atoms with Crippen molar-refractivity contribution in [2.75, 3.05) is 0 Å². The van der Waals surface area contributed by atoms with Crippen molar-refractivity contribution in [2.24, 2.45) is 0 Å². The van der Waals surface area contributed by atoms with Crippen LogP contribution in [0.25, 0.3) is 0 Å². The SMILES string of the molecule is CCCCCCCCCCCCCCCC.CCCCCCCCCCCCCCCC.OP(O)(O)=S.OP(O)(O)=S.[Zn]. The van der Waals surface area contributed by atoms with Gasteiger partial charge in [0.1, 0.15) is 0 Å². The van der Waals surface area contributed by atoms with Crippen LogP contribution in [0, 0.1) is 0 Å². The molecule has 0 aromatic carbocycles. The van der Waals surface area contributed by atoms with Gasteiger partial charge in [-0.25, -0.2) is 0 Å². The largest absolute Gasteiger partial charge is 0.325 e. The Kier molecular flexibility index (Phi) is 57.7. The van der Waals surface area contributed by atoms with Gasteiger partial charge in [0, 0.05) is 19.5 Å². The predicted molar refractivity (Wildman–Crippen MR) is 194 cm³/mol. The van der Waals surface area contributed by atoms with Gasteiger partial charge in [-0.1, -0.05) is 207 Å². The molecule has 0 saturated carbocycles. The van der Waals surface area contributed by atoms with E-state index in [4.69, 9.17) is 29.4 Å². The van der Waals surface area contributed by atoms with Gasteiger partial charge in [0.25, 0.3) is 0 Å².